The van der Waals surface area contributed by atoms with Crippen molar-refractivity contribution < 1.29 is 0 Å². The standard InChI is InChI=1S/C14H21N.ClH/c1-11-6-5-9-13(10-11)14(15)12-7-3-2-4-8-12;/h5-6,9-10,12,14H,2-4,7-8,15H2,1H3;1H/t14-;/m1./s1. The molecule has 2 N–H and O–H groups in total. The van der Waals surface area contributed by atoms with Crippen molar-refractivity contribution in [1.82, 2.24) is 0 Å². The second kappa shape index (κ2) is 6.27. The van der Waals surface area contributed by atoms with Crippen LogP contribution in [0.5, 0.6) is 0 Å². The van der Waals surface area contributed by atoms with Gasteiger partial charge in [0.1, 0.15) is 0 Å². The van der Waals surface area contributed by atoms with E-state index in [1.165, 1.54) is 43.2 Å². The lowest BCUT2D eigenvalue weighted by atomic mass is 9.81. The normalized spacial score (nSPS) is 18.9. The molecular formula is C14H22ClN. The number of halogens is 1. The molecule has 0 aliphatic heterocycles. The van der Waals surface area contributed by atoms with Crippen molar-refractivity contribution in [1.29, 1.82) is 0 Å². The fraction of sp³-hybridized carbons (Fsp3) is 0.571. The van der Waals surface area contributed by atoms with Gasteiger partial charge in [0.05, 0.1) is 0 Å². The summed E-state index contributed by atoms with van der Waals surface area (Å²) in [5.74, 6) is 0.709. The van der Waals surface area contributed by atoms with E-state index < -0.39 is 0 Å². The molecule has 1 atom stereocenters. The molecular weight excluding hydrogens is 218 g/mol. The van der Waals surface area contributed by atoms with Crippen molar-refractivity contribution in [3.63, 3.8) is 0 Å². The topological polar surface area (TPSA) is 26.0 Å². The van der Waals surface area contributed by atoms with Crippen LogP contribution in [0.2, 0.25) is 0 Å². The van der Waals surface area contributed by atoms with Crippen molar-refractivity contribution in [2.75, 3.05) is 0 Å². The van der Waals surface area contributed by atoms with Crippen LogP contribution in [0.3, 0.4) is 0 Å². The molecule has 2 heteroatoms. The molecule has 0 heterocycles. The molecule has 2 rings (SSSR count). The van der Waals surface area contributed by atoms with Crippen LogP contribution in [0, 0.1) is 12.8 Å². The summed E-state index contributed by atoms with van der Waals surface area (Å²) >= 11 is 0. The van der Waals surface area contributed by atoms with Gasteiger partial charge in [0.25, 0.3) is 0 Å². The number of nitrogens with two attached hydrogens (primary N) is 1. The van der Waals surface area contributed by atoms with Crippen LogP contribution >= 0.6 is 12.4 Å². The van der Waals surface area contributed by atoms with E-state index in [4.69, 9.17) is 5.73 Å². The lowest BCUT2D eigenvalue weighted by Crippen LogP contribution is -2.23. The van der Waals surface area contributed by atoms with Gasteiger partial charge in [0.2, 0.25) is 0 Å². The van der Waals surface area contributed by atoms with Crippen molar-refractivity contribution >= 4 is 12.4 Å². The predicted molar refractivity (Wildman–Crippen MR) is 71.9 cm³/mol. The molecule has 16 heavy (non-hydrogen) atoms. The maximum Gasteiger partial charge on any atom is 0.0323 e. The number of hydrogen-bond donors (Lipinski definition) is 1. The Hall–Kier alpha value is -0.530. The van der Waals surface area contributed by atoms with Crippen LogP contribution in [0.4, 0.5) is 0 Å². The zero-order chi connectivity index (χ0) is 10.7. The first-order valence-corrected chi connectivity index (χ1v) is 6.09. The van der Waals surface area contributed by atoms with E-state index in [0.717, 1.165) is 0 Å². The van der Waals surface area contributed by atoms with Gasteiger partial charge in [-0.15, -0.1) is 12.4 Å². The Morgan fingerprint density at radius 3 is 2.50 bits per heavy atom. The molecule has 0 radical (unpaired) electrons. The third kappa shape index (κ3) is 3.23. The Labute approximate surface area is 105 Å². The van der Waals surface area contributed by atoms with Gasteiger partial charge in [-0.05, 0) is 31.2 Å². The highest BCUT2D eigenvalue weighted by molar-refractivity contribution is 5.85. The first-order valence-electron chi connectivity index (χ1n) is 6.09. The van der Waals surface area contributed by atoms with E-state index in [1.54, 1.807) is 0 Å². The maximum absolute atomic E-state index is 6.34. The quantitative estimate of drug-likeness (QED) is 0.830. The van der Waals surface area contributed by atoms with Crippen molar-refractivity contribution in [2.24, 2.45) is 11.7 Å². The zero-order valence-electron chi connectivity index (χ0n) is 9.99. The van der Waals surface area contributed by atoms with E-state index >= 15 is 0 Å². The summed E-state index contributed by atoms with van der Waals surface area (Å²) in [6, 6.07) is 8.92. The first-order chi connectivity index (χ1) is 7.27. The number of hydrogen-bond acceptors (Lipinski definition) is 1. The highest BCUT2D eigenvalue weighted by atomic mass is 35.5. The second-order valence-corrected chi connectivity index (χ2v) is 4.84. The van der Waals surface area contributed by atoms with Crippen LogP contribution in [0.1, 0.15) is 49.3 Å². The molecule has 0 spiro atoms. The molecule has 1 nitrogen and oxygen atoms in total. The molecule has 1 aliphatic rings. The highest BCUT2D eigenvalue weighted by Gasteiger charge is 2.21. The van der Waals surface area contributed by atoms with E-state index in [2.05, 4.69) is 31.2 Å². The minimum Gasteiger partial charge on any atom is -0.324 e. The Bertz CT molecular complexity index is 318. The van der Waals surface area contributed by atoms with E-state index in [-0.39, 0.29) is 18.4 Å². The molecule has 90 valence electrons. The van der Waals surface area contributed by atoms with Gasteiger partial charge in [-0.3, -0.25) is 0 Å². The van der Waals surface area contributed by atoms with E-state index in [0.29, 0.717) is 5.92 Å². The monoisotopic (exact) mass is 239 g/mol. The van der Waals surface area contributed by atoms with Crippen LogP contribution in [-0.4, -0.2) is 0 Å². The summed E-state index contributed by atoms with van der Waals surface area (Å²) in [5.41, 5.74) is 8.98. The molecule has 0 unspecified atom stereocenters. The summed E-state index contributed by atoms with van der Waals surface area (Å²) in [4.78, 5) is 0. The summed E-state index contributed by atoms with van der Waals surface area (Å²) in [6.45, 7) is 2.14. The largest absolute Gasteiger partial charge is 0.324 e. The average molecular weight is 240 g/mol. The van der Waals surface area contributed by atoms with Crippen LogP contribution < -0.4 is 5.73 Å². The van der Waals surface area contributed by atoms with Gasteiger partial charge in [-0.2, -0.15) is 0 Å². The lowest BCUT2D eigenvalue weighted by molar-refractivity contribution is 0.308. The molecule has 0 amide bonds. The molecule has 1 saturated carbocycles. The Kier molecular flexibility index (Phi) is 5.30. The second-order valence-electron chi connectivity index (χ2n) is 4.84. The summed E-state index contributed by atoms with van der Waals surface area (Å²) in [6.07, 6.45) is 6.76. The average Bonchev–Trinajstić information content (AvgIpc) is 2.29. The molecule has 0 bridgehead atoms. The molecule has 1 aromatic rings. The number of rotatable bonds is 2. The summed E-state index contributed by atoms with van der Waals surface area (Å²) < 4.78 is 0. The first kappa shape index (κ1) is 13.5. The van der Waals surface area contributed by atoms with Crippen molar-refractivity contribution in [3.8, 4) is 0 Å². The molecule has 0 aromatic heterocycles. The Morgan fingerprint density at radius 2 is 1.88 bits per heavy atom. The van der Waals surface area contributed by atoms with E-state index in [9.17, 15) is 0 Å². The summed E-state index contributed by atoms with van der Waals surface area (Å²) in [5, 5.41) is 0. The summed E-state index contributed by atoms with van der Waals surface area (Å²) in [7, 11) is 0. The van der Waals surface area contributed by atoms with Crippen molar-refractivity contribution in [3.05, 3.63) is 35.4 Å². The SMILES string of the molecule is Cc1cccc([C@H](N)C2CCCCC2)c1.Cl. The van der Waals surface area contributed by atoms with Gasteiger partial charge in [0.15, 0.2) is 0 Å². The van der Waals surface area contributed by atoms with Gasteiger partial charge in [-0.25, -0.2) is 0 Å². The smallest absolute Gasteiger partial charge is 0.0323 e. The van der Waals surface area contributed by atoms with Crippen molar-refractivity contribution in [2.45, 2.75) is 45.1 Å². The number of benzene rings is 1. The van der Waals surface area contributed by atoms with Gasteiger partial charge in [-0.1, -0.05) is 49.1 Å². The fourth-order valence-corrected chi connectivity index (χ4v) is 2.64. The van der Waals surface area contributed by atoms with Gasteiger partial charge in [0, 0.05) is 6.04 Å². The van der Waals surface area contributed by atoms with Crippen LogP contribution in [0.25, 0.3) is 0 Å². The Morgan fingerprint density at radius 1 is 1.19 bits per heavy atom. The molecule has 0 saturated heterocycles. The molecule has 1 aliphatic carbocycles. The van der Waals surface area contributed by atoms with Crippen LogP contribution in [-0.2, 0) is 0 Å². The third-order valence-corrected chi connectivity index (χ3v) is 3.58. The Balaban J connectivity index is 0.00000128. The molecule has 1 fully saturated rings. The minimum atomic E-state index is 0. The highest BCUT2D eigenvalue weighted by Crippen LogP contribution is 2.32. The van der Waals surface area contributed by atoms with Crippen LogP contribution in [0.15, 0.2) is 24.3 Å². The fourth-order valence-electron chi connectivity index (χ4n) is 2.64. The van der Waals surface area contributed by atoms with E-state index in [1.807, 2.05) is 0 Å². The minimum absolute atomic E-state index is 0. The maximum atomic E-state index is 6.34. The lowest BCUT2D eigenvalue weighted by Gasteiger charge is -2.27. The third-order valence-electron chi connectivity index (χ3n) is 3.58. The zero-order valence-corrected chi connectivity index (χ0v) is 10.8. The van der Waals surface area contributed by atoms with Gasteiger partial charge < -0.3 is 5.73 Å². The predicted octanol–water partition coefficient (Wildman–Crippen LogP) is 4.00. The number of aryl methyl sites for hydroxylation is 1. The van der Waals surface area contributed by atoms with Gasteiger partial charge >= 0.3 is 0 Å². The molecule has 1 aromatic carbocycles.